The molecule has 1 aromatic rings. The summed E-state index contributed by atoms with van der Waals surface area (Å²) >= 11 is 0. The van der Waals surface area contributed by atoms with Crippen molar-refractivity contribution in [3.8, 4) is 0 Å². The Morgan fingerprint density at radius 1 is 1.63 bits per heavy atom. The summed E-state index contributed by atoms with van der Waals surface area (Å²) in [4.78, 5) is 14.2. The topological polar surface area (TPSA) is 59.4 Å². The lowest BCUT2D eigenvalue weighted by atomic mass is 10.2. The minimum atomic E-state index is -0.284. The normalized spacial score (nSPS) is 20.5. The third-order valence-electron chi connectivity index (χ3n) is 3.38. The van der Waals surface area contributed by atoms with E-state index in [2.05, 4.69) is 22.2 Å². The largest absolute Gasteiger partial charge is 0.462 e. The van der Waals surface area contributed by atoms with Crippen molar-refractivity contribution in [1.82, 2.24) is 20.0 Å². The van der Waals surface area contributed by atoms with Gasteiger partial charge in [-0.3, -0.25) is 9.58 Å². The van der Waals surface area contributed by atoms with Crippen LogP contribution in [0.15, 0.2) is 6.20 Å². The standard InChI is InChI=1S/C13H22N4O2/c1-4-19-13(18)11-7-15-16(3)12(11)9-17-6-5-14-10(2)8-17/h7,10,14H,4-6,8-9H2,1-3H3/t10-/m0/s1. The summed E-state index contributed by atoms with van der Waals surface area (Å²) in [6.45, 7) is 8.04. The van der Waals surface area contributed by atoms with Gasteiger partial charge < -0.3 is 10.1 Å². The molecule has 0 radical (unpaired) electrons. The number of carbonyl (C=O) groups excluding carboxylic acids is 1. The van der Waals surface area contributed by atoms with E-state index >= 15 is 0 Å². The van der Waals surface area contributed by atoms with Gasteiger partial charge in [0, 0.05) is 39.3 Å². The van der Waals surface area contributed by atoms with Crippen molar-refractivity contribution in [2.24, 2.45) is 7.05 Å². The maximum absolute atomic E-state index is 11.9. The molecule has 0 bridgehead atoms. The Morgan fingerprint density at radius 2 is 2.42 bits per heavy atom. The zero-order valence-electron chi connectivity index (χ0n) is 11.8. The van der Waals surface area contributed by atoms with Gasteiger partial charge in [-0.15, -0.1) is 0 Å². The van der Waals surface area contributed by atoms with Crippen LogP contribution >= 0.6 is 0 Å². The van der Waals surface area contributed by atoms with E-state index in [0.29, 0.717) is 18.2 Å². The molecule has 0 spiro atoms. The fraction of sp³-hybridized carbons (Fsp3) is 0.692. The monoisotopic (exact) mass is 266 g/mol. The third kappa shape index (κ3) is 3.33. The molecular weight excluding hydrogens is 244 g/mol. The molecule has 0 unspecified atom stereocenters. The molecule has 1 aliphatic heterocycles. The number of aromatic nitrogens is 2. The van der Waals surface area contributed by atoms with Crippen molar-refractivity contribution in [3.63, 3.8) is 0 Å². The van der Waals surface area contributed by atoms with E-state index in [9.17, 15) is 4.79 Å². The highest BCUT2D eigenvalue weighted by atomic mass is 16.5. The van der Waals surface area contributed by atoms with Crippen LogP contribution < -0.4 is 5.32 Å². The number of nitrogens with zero attached hydrogens (tertiary/aromatic N) is 3. The number of nitrogens with one attached hydrogen (secondary N) is 1. The fourth-order valence-electron chi connectivity index (χ4n) is 2.40. The first-order valence-corrected chi connectivity index (χ1v) is 6.75. The van der Waals surface area contributed by atoms with Crippen LogP contribution in [0.3, 0.4) is 0 Å². The fourth-order valence-corrected chi connectivity index (χ4v) is 2.40. The summed E-state index contributed by atoms with van der Waals surface area (Å²) in [5.74, 6) is -0.284. The number of carbonyl (C=O) groups is 1. The van der Waals surface area contributed by atoms with Crippen molar-refractivity contribution < 1.29 is 9.53 Å². The summed E-state index contributed by atoms with van der Waals surface area (Å²) in [6, 6.07) is 0.480. The zero-order chi connectivity index (χ0) is 13.8. The number of hydrogen-bond donors (Lipinski definition) is 1. The second-order valence-corrected chi connectivity index (χ2v) is 4.94. The SMILES string of the molecule is CCOC(=O)c1cnn(C)c1CN1CCN[C@@H](C)C1. The molecule has 6 heteroatoms. The maximum atomic E-state index is 11.9. The average Bonchev–Trinajstić information content (AvgIpc) is 2.72. The quantitative estimate of drug-likeness (QED) is 0.799. The molecule has 1 aromatic heterocycles. The molecule has 0 aliphatic carbocycles. The number of piperazine rings is 1. The molecule has 1 saturated heterocycles. The van der Waals surface area contributed by atoms with Crippen LogP contribution in [-0.4, -0.2) is 52.9 Å². The molecule has 6 nitrogen and oxygen atoms in total. The van der Waals surface area contributed by atoms with Gasteiger partial charge >= 0.3 is 5.97 Å². The van der Waals surface area contributed by atoms with Crippen LogP contribution in [-0.2, 0) is 18.3 Å². The first-order chi connectivity index (χ1) is 9.11. The Labute approximate surface area is 113 Å². The predicted molar refractivity (Wildman–Crippen MR) is 71.9 cm³/mol. The summed E-state index contributed by atoms with van der Waals surface area (Å²) in [6.07, 6.45) is 1.60. The predicted octanol–water partition coefficient (Wildman–Crippen LogP) is 0.391. The number of esters is 1. The molecule has 1 atom stereocenters. The molecule has 0 aromatic carbocycles. The highest BCUT2D eigenvalue weighted by molar-refractivity contribution is 5.90. The molecule has 19 heavy (non-hydrogen) atoms. The van der Waals surface area contributed by atoms with Gasteiger partial charge in [0.05, 0.1) is 18.5 Å². The van der Waals surface area contributed by atoms with Gasteiger partial charge in [-0.25, -0.2) is 4.79 Å². The molecule has 1 fully saturated rings. The summed E-state index contributed by atoms with van der Waals surface area (Å²) in [5, 5.41) is 7.59. The third-order valence-corrected chi connectivity index (χ3v) is 3.38. The van der Waals surface area contributed by atoms with E-state index in [4.69, 9.17) is 4.74 Å². The first kappa shape index (κ1) is 14.0. The molecule has 2 rings (SSSR count). The van der Waals surface area contributed by atoms with E-state index in [-0.39, 0.29) is 5.97 Å². The number of aryl methyl sites for hydroxylation is 1. The highest BCUT2D eigenvalue weighted by Gasteiger charge is 2.22. The van der Waals surface area contributed by atoms with Crippen LogP contribution in [0.4, 0.5) is 0 Å². The second-order valence-electron chi connectivity index (χ2n) is 4.94. The molecule has 2 heterocycles. The van der Waals surface area contributed by atoms with Crippen LogP contribution in [0.25, 0.3) is 0 Å². The van der Waals surface area contributed by atoms with E-state index < -0.39 is 0 Å². The van der Waals surface area contributed by atoms with Gasteiger partial charge in [0.25, 0.3) is 0 Å². The van der Waals surface area contributed by atoms with Gasteiger partial charge in [-0.2, -0.15) is 5.10 Å². The molecular formula is C13H22N4O2. The zero-order valence-corrected chi connectivity index (χ0v) is 11.8. The van der Waals surface area contributed by atoms with Crippen LogP contribution in [0, 0.1) is 0 Å². The second kappa shape index (κ2) is 6.16. The molecule has 106 valence electrons. The van der Waals surface area contributed by atoms with Crippen LogP contribution in [0.1, 0.15) is 29.9 Å². The minimum absolute atomic E-state index is 0.284. The summed E-state index contributed by atoms with van der Waals surface area (Å²) in [7, 11) is 1.86. The maximum Gasteiger partial charge on any atom is 0.341 e. The lowest BCUT2D eigenvalue weighted by Crippen LogP contribution is -2.48. The van der Waals surface area contributed by atoms with Gasteiger partial charge in [-0.1, -0.05) is 0 Å². The summed E-state index contributed by atoms with van der Waals surface area (Å²) < 4.78 is 6.83. The highest BCUT2D eigenvalue weighted by Crippen LogP contribution is 2.13. The first-order valence-electron chi connectivity index (χ1n) is 6.75. The van der Waals surface area contributed by atoms with E-state index in [1.165, 1.54) is 0 Å². The lowest BCUT2D eigenvalue weighted by molar-refractivity contribution is 0.0523. The Balaban J connectivity index is 2.10. The van der Waals surface area contributed by atoms with Crippen molar-refractivity contribution >= 4 is 5.97 Å². The molecule has 0 saturated carbocycles. The van der Waals surface area contributed by atoms with E-state index in [1.807, 2.05) is 14.0 Å². The number of ether oxygens (including phenoxy) is 1. The molecule has 1 N–H and O–H groups in total. The van der Waals surface area contributed by atoms with Gasteiger partial charge in [0.15, 0.2) is 0 Å². The van der Waals surface area contributed by atoms with Gasteiger partial charge in [-0.05, 0) is 13.8 Å². The summed E-state index contributed by atoms with van der Waals surface area (Å²) in [5.41, 5.74) is 1.50. The smallest absolute Gasteiger partial charge is 0.341 e. The number of rotatable bonds is 4. The van der Waals surface area contributed by atoms with Crippen molar-refractivity contribution in [1.29, 1.82) is 0 Å². The van der Waals surface area contributed by atoms with Crippen LogP contribution in [0.5, 0.6) is 0 Å². The Hall–Kier alpha value is -1.40. The van der Waals surface area contributed by atoms with Crippen molar-refractivity contribution in [3.05, 3.63) is 17.5 Å². The van der Waals surface area contributed by atoms with E-state index in [1.54, 1.807) is 10.9 Å². The Bertz CT molecular complexity index is 444. The molecule has 0 amide bonds. The lowest BCUT2D eigenvalue weighted by Gasteiger charge is -2.31. The van der Waals surface area contributed by atoms with Gasteiger partial charge in [0.2, 0.25) is 0 Å². The van der Waals surface area contributed by atoms with Crippen LogP contribution in [0.2, 0.25) is 0 Å². The molecule has 1 aliphatic rings. The van der Waals surface area contributed by atoms with Crippen molar-refractivity contribution in [2.45, 2.75) is 26.4 Å². The average molecular weight is 266 g/mol. The Kier molecular flexibility index (Phi) is 4.55. The Morgan fingerprint density at radius 3 is 3.11 bits per heavy atom. The van der Waals surface area contributed by atoms with E-state index in [0.717, 1.165) is 31.9 Å². The minimum Gasteiger partial charge on any atom is -0.462 e. The van der Waals surface area contributed by atoms with Gasteiger partial charge in [0.1, 0.15) is 5.56 Å². The van der Waals surface area contributed by atoms with Crippen molar-refractivity contribution in [2.75, 3.05) is 26.2 Å². The number of hydrogen-bond acceptors (Lipinski definition) is 5.